The van der Waals surface area contributed by atoms with Crippen LogP contribution in [0, 0.1) is 0 Å². The highest BCUT2D eigenvalue weighted by Gasteiger charge is 2.31. The van der Waals surface area contributed by atoms with E-state index in [1.54, 1.807) is 6.07 Å². The smallest absolute Gasteiger partial charge is 0.465 e. The first kappa shape index (κ1) is 14.9. The Morgan fingerprint density at radius 2 is 1.85 bits per heavy atom. The van der Waals surface area contributed by atoms with Gasteiger partial charge in [0.25, 0.3) is 0 Å². The van der Waals surface area contributed by atoms with Crippen molar-refractivity contribution in [2.75, 3.05) is 0 Å². The summed E-state index contributed by atoms with van der Waals surface area (Å²) < 4.78 is 45.5. The number of alkyl halides is 3. The summed E-state index contributed by atoms with van der Waals surface area (Å²) in [6.45, 7) is 0. The van der Waals surface area contributed by atoms with Crippen LogP contribution in [0.1, 0.15) is 17.4 Å². The van der Waals surface area contributed by atoms with E-state index in [1.165, 1.54) is 30.5 Å². The fourth-order valence-electron chi connectivity index (χ4n) is 1.69. The molecule has 2 aromatic rings. The van der Waals surface area contributed by atoms with Gasteiger partial charge >= 0.3 is 6.36 Å². The highest BCUT2D eigenvalue weighted by Crippen LogP contribution is 2.28. The third-order valence-electron chi connectivity index (χ3n) is 2.53. The molecule has 20 heavy (non-hydrogen) atoms. The second kappa shape index (κ2) is 5.88. The highest BCUT2D eigenvalue weighted by atomic mass is 79.9. The molecule has 3 nitrogen and oxygen atoms in total. The van der Waals surface area contributed by atoms with Crippen molar-refractivity contribution in [3.05, 3.63) is 52.4 Å². The number of aliphatic hydroxyl groups is 1. The van der Waals surface area contributed by atoms with Crippen LogP contribution in [0.3, 0.4) is 0 Å². The van der Waals surface area contributed by atoms with Crippen molar-refractivity contribution in [2.24, 2.45) is 0 Å². The topological polar surface area (TPSA) is 42.6 Å². The van der Waals surface area contributed by atoms with Gasteiger partial charge in [0.2, 0.25) is 0 Å². The Bertz CT molecular complexity index is 563. The van der Waals surface area contributed by atoms with Crippen molar-refractivity contribution in [3.8, 4) is 5.75 Å². The predicted octanol–water partition coefficient (Wildman–Crippen LogP) is 4.22. The van der Waals surface area contributed by atoms with Crippen molar-refractivity contribution in [1.82, 2.24) is 0 Å². The van der Waals surface area contributed by atoms with E-state index < -0.39 is 12.5 Å². The summed E-state index contributed by atoms with van der Waals surface area (Å²) in [4.78, 5) is 0. The lowest BCUT2D eigenvalue weighted by molar-refractivity contribution is -0.274. The first-order chi connectivity index (χ1) is 9.35. The van der Waals surface area contributed by atoms with Crippen LogP contribution < -0.4 is 4.74 Å². The quantitative estimate of drug-likeness (QED) is 0.897. The number of furan rings is 1. The van der Waals surface area contributed by atoms with Gasteiger partial charge in [-0.05, 0) is 39.7 Å². The van der Waals surface area contributed by atoms with E-state index in [0.29, 0.717) is 15.8 Å². The summed E-state index contributed by atoms with van der Waals surface area (Å²) in [7, 11) is 0. The van der Waals surface area contributed by atoms with Crippen LogP contribution in [0.25, 0.3) is 0 Å². The van der Waals surface area contributed by atoms with Gasteiger partial charge in [0, 0.05) is 6.42 Å². The van der Waals surface area contributed by atoms with Crippen LogP contribution >= 0.6 is 15.9 Å². The van der Waals surface area contributed by atoms with Crippen molar-refractivity contribution in [3.63, 3.8) is 0 Å². The van der Waals surface area contributed by atoms with Crippen LogP contribution in [0.4, 0.5) is 13.2 Å². The number of ether oxygens (including phenoxy) is 1. The van der Waals surface area contributed by atoms with Crippen molar-refractivity contribution in [2.45, 2.75) is 18.9 Å². The first-order valence-electron chi connectivity index (χ1n) is 5.61. The molecule has 2 rings (SSSR count). The zero-order valence-corrected chi connectivity index (χ0v) is 11.6. The summed E-state index contributed by atoms with van der Waals surface area (Å²) >= 11 is 3.23. The molecule has 1 unspecified atom stereocenters. The molecule has 1 N–H and O–H groups in total. The van der Waals surface area contributed by atoms with Gasteiger partial charge in [-0.15, -0.1) is 13.2 Å². The Balaban J connectivity index is 2.02. The standard InChI is InChI=1S/C13H10BrF3O3/c14-10-5-6-19-12(10)11(18)7-8-1-3-9(4-2-8)20-13(15,16)17/h1-6,11,18H,7H2. The molecular weight excluding hydrogens is 341 g/mol. The minimum Gasteiger partial charge on any atom is -0.465 e. The molecule has 0 aliphatic heterocycles. The number of halogens is 4. The van der Waals surface area contributed by atoms with E-state index in [-0.39, 0.29) is 12.2 Å². The summed E-state index contributed by atoms with van der Waals surface area (Å²) in [6.07, 6.45) is -3.93. The molecule has 0 aliphatic carbocycles. The van der Waals surface area contributed by atoms with Gasteiger partial charge in [-0.2, -0.15) is 0 Å². The van der Waals surface area contributed by atoms with E-state index in [1.807, 2.05) is 0 Å². The Hall–Kier alpha value is -1.47. The molecule has 1 aromatic carbocycles. The summed E-state index contributed by atoms with van der Waals surface area (Å²) in [5, 5.41) is 9.96. The fraction of sp³-hybridized carbons (Fsp3) is 0.231. The van der Waals surface area contributed by atoms with Gasteiger partial charge < -0.3 is 14.3 Å². The van der Waals surface area contributed by atoms with Gasteiger partial charge in [0.15, 0.2) is 0 Å². The average molecular weight is 351 g/mol. The third kappa shape index (κ3) is 4.01. The molecule has 1 heterocycles. The maximum absolute atomic E-state index is 12.0. The second-order valence-corrected chi connectivity index (χ2v) is 4.90. The Morgan fingerprint density at radius 1 is 1.20 bits per heavy atom. The van der Waals surface area contributed by atoms with Crippen LogP contribution in [0.5, 0.6) is 5.75 Å². The minimum absolute atomic E-state index is 0.221. The van der Waals surface area contributed by atoms with Gasteiger partial charge in [0.1, 0.15) is 17.6 Å². The number of hydrogen-bond donors (Lipinski definition) is 1. The molecule has 0 saturated heterocycles. The molecule has 108 valence electrons. The monoisotopic (exact) mass is 350 g/mol. The number of aliphatic hydroxyl groups excluding tert-OH is 1. The maximum atomic E-state index is 12.0. The molecule has 0 fully saturated rings. The zero-order chi connectivity index (χ0) is 14.8. The molecule has 0 bridgehead atoms. The zero-order valence-electron chi connectivity index (χ0n) is 10.0. The highest BCUT2D eigenvalue weighted by molar-refractivity contribution is 9.10. The van der Waals surface area contributed by atoms with E-state index in [0.717, 1.165) is 0 Å². The van der Waals surface area contributed by atoms with Crippen molar-refractivity contribution in [1.29, 1.82) is 0 Å². The molecule has 0 aliphatic rings. The molecule has 1 aromatic heterocycles. The Morgan fingerprint density at radius 3 is 2.35 bits per heavy atom. The summed E-state index contributed by atoms with van der Waals surface area (Å²) in [5.41, 5.74) is 0.662. The van der Waals surface area contributed by atoms with Crippen LogP contribution in [-0.4, -0.2) is 11.5 Å². The fourth-order valence-corrected chi connectivity index (χ4v) is 2.15. The van der Waals surface area contributed by atoms with Crippen LogP contribution in [0.15, 0.2) is 45.5 Å². The van der Waals surface area contributed by atoms with Crippen LogP contribution in [-0.2, 0) is 6.42 Å². The van der Waals surface area contributed by atoms with E-state index in [4.69, 9.17) is 4.42 Å². The maximum Gasteiger partial charge on any atom is 0.573 e. The molecule has 7 heteroatoms. The SMILES string of the molecule is OC(Cc1ccc(OC(F)(F)F)cc1)c1occc1Br. The Labute approximate surface area is 121 Å². The lowest BCUT2D eigenvalue weighted by Crippen LogP contribution is -2.17. The van der Waals surface area contributed by atoms with Gasteiger partial charge in [-0.25, -0.2) is 0 Å². The van der Waals surface area contributed by atoms with E-state index in [9.17, 15) is 18.3 Å². The van der Waals surface area contributed by atoms with Crippen molar-refractivity contribution >= 4 is 15.9 Å². The molecule has 0 saturated carbocycles. The average Bonchev–Trinajstić information content (AvgIpc) is 2.76. The minimum atomic E-state index is -4.71. The molecule has 0 spiro atoms. The second-order valence-electron chi connectivity index (χ2n) is 4.04. The molecule has 0 radical (unpaired) electrons. The van der Waals surface area contributed by atoms with E-state index in [2.05, 4.69) is 20.7 Å². The number of benzene rings is 1. The van der Waals surface area contributed by atoms with Crippen molar-refractivity contribution < 1.29 is 27.4 Å². The van der Waals surface area contributed by atoms with Crippen LogP contribution in [0.2, 0.25) is 0 Å². The van der Waals surface area contributed by atoms with E-state index >= 15 is 0 Å². The Kier molecular flexibility index (Phi) is 4.39. The first-order valence-corrected chi connectivity index (χ1v) is 6.40. The largest absolute Gasteiger partial charge is 0.573 e. The number of rotatable bonds is 4. The summed E-state index contributed by atoms with van der Waals surface area (Å²) in [5.74, 6) is 0.0792. The summed E-state index contributed by atoms with van der Waals surface area (Å²) in [6, 6.07) is 6.97. The lowest BCUT2D eigenvalue weighted by atomic mass is 10.1. The molecular formula is C13H10BrF3O3. The molecule has 0 amide bonds. The van der Waals surface area contributed by atoms with Gasteiger partial charge in [-0.3, -0.25) is 0 Å². The predicted molar refractivity (Wildman–Crippen MR) is 68.2 cm³/mol. The third-order valence-corrected chi connectivity index (χ3v) is 3.19. The van der Waals surface area contributed by atoms with Gasteiger partial charge in [-0.1, -0.05) is 12.1 Å². The number of hydrogen-bond acceptors (Lipinski definition) is 3. The molecule has 1 atom stereocenters. The lowest BCUT2D eigenvalue weighted by Gasteiger charge is -2.11. The normalized spacial score (nSPS) is 13.2. The van der Waals surface area contributed by atoms with Gasteiger partial charge in [0.05, 0.1) is 10.7 Å².